The van der Waals surface area contributed by atoms with Crippen molar-refractivity contribution >= 4 is 18.3 Å². The molecule has 1 aromatic heterocycles. The van der Waals surface area contributed by atoms with Crippen molar-refractivity contribution in [3.63, 3.8) is 0 Å². The van der Waals surface area contributed by atoms with Gasteiger partial charge in [0, 0.05) is 12.6 Å². The van der Waals surface area contributed by atoms with Crippen molar-refractivity contribution in [2.75, 3.05) is 6.54 Å². The molecular formula is C17H20ClF3N4O. The number of hydrogen-bond acceptors (Lipinski definition) is 3. The van der Waals surface area contributed by atoms with E-state index < -0.39 is 23.3 Å². The Balaban J connectivity index is 0.00000243. The van der Waals surface area contributed by atoms with Gasteiger partial charge in [-0.15, -0.1) is 12.4 Å². The van der Waals surface area contributed by atoms with Crippen LogP contribution in [0.15, 0.2) is 30.5 Å². The van der Waals surface area contributed by atoms with Gasteiger partial charge in [0.1, 0.15) is 0 Å². The molecule has 0 radical (unpaired) electrons. The molecule has 2 aromatic rings. The number of carbonyl (C=O) groups is 1. The first-order valence-electron chi connectivity index (χ1n) is 8.03. The Bertz CT molecular complexity index is 769. The van der Waals surface area contributed by atoms with E-state index >= 15 is 0 Å². The average molecular weight is 389 g/mol. The Labute approximate surface area is 155 Å². The van der Waals surface area contributed by atoms with E-state index in [1.54, 1.807) is 12.1 Å². The molecule has 5 nitrogen and oxygen atoms in total. The zero-order valence-corrected chi connectivity index (χ0v) is 14.9. The van der Waals surface area contributed by atoms with Crippen molar-refractivity contribution in [3.8, 4) is 5.69 Å². The van der Waals surface area contributed by atoms with E-state index in [0.29, 0.717) is 5.92 Å². The fourth-order valence-electron chi connectivity index (χ4n) is 2.67. The van der Waals surface area contributed by atoms with Gasteiger partial charge in [-0.2, -0.15) is 18.3 Å². The zero-order valence-electron chi connectivity index (χ0n) is 14.1. The van der Waals surface area contributed by atoms with Crippen molar-refractivity contribution in [2.45, 2.75) is 32.0 Å². The maximum atomic E-state index is 13.5. The van der Waals surface area contributed by atoms with Crippen molar-refractivity contribution in [2.24, 2.45) is 11.7 Å². The summed E-state index contributed by atoms with van der Waals surface area (Å²) in [6, 6.07) is 6.20. The van der Waals surface area contributed by atoms with Gasteiger partial charge in [-0.1, -0.05) is 17.7 Å². The van der Waals surface area contributed by atoms with Crippen LogP contribution >= 0.6 is 12.4 Å². The number of halogens is 4. The predicted octanol–water partition coefficient (Wildman–Crippen LogP) is 3.09. The van der Waals surface area contributed by atoms with E-state index in [4.69, 9.17) is 5.73 Å². The van der Waals surface area contributed by atoms with Crippen molar-refractivity contribution < 1.29 is 18.0 Å². The number of hydrogen-bond donors (Lipinski definition) is 2. The highest BCUT2D eigenvalue weighted by Crippen LogP contribution is 2.34. The Hall–Kier alpha value is -2.06. The number of alkyl halides is 3. The van der Waals surface area contributed by atoms with Crippen molar-refractivity contribution in [1.82, 2.24) is 15.1 Å². The molecule has 0 bridgehead atoms. The summed E-state index contributed by atoms with van der Waals surface area (Å²) in [6.45, 7) is 1.98. The van der Waals surface area contributed by atoms with E-state index in [0.717, 1.165) is 29.3 Å². The molecule has 1 saturated carbocycles. The van der Waals surface area contributed by atoms with E-state index in [9.17, 15) is 18.0 Å². The quantitative estimate of drug-likeness (QED) is 0.826. The average Bonchev–Trinajstić information content (AvgIpc) is 3.30. The summed E-state index contributed by atoms with van der Waals surface area (Å²) in [7, 11) is 0. The zero-order chi connectivity index (χ0) is 18.2. The highest BCUT2D eigenvalue weighted by molar-refractivity contribution is 5.95. The molecule has 1 aromatic carbocycles. The number of rotatable bonds is 5. The monoisotopic (exact) mass is 388 g/mol. The van der Waals surface area contributed by atoms with Gasteiger partial charge < -0.3 is 11.1 Å². The normalized spacial score (nSPS) is 15.3. The van der Waals surface area contributed by atoms with Crippen LogP contribution in [0.1, 0.15) is 34.5 Å². The molecule has 3 rings (SSSR count). The summed E-state index contributed by atoms with van der Waals surface area (Å²) in [6.07, 6.45) is -1.78. The third kappa shape index (κ3) is 4.37. The first kappa shape index (κ1) is 20.3. The summed E-state index contributed by atoms with van der Waals surface area (Å²) in [4.78, 5) is 12.2. The molecule has 1 unspecified atom stereocenters. The molecule has 1 heterocycles. The minimum atomic E-state index is -4.72. The lowest BCUT2D eigenvalue weighted by atomic mass is 10.1. The Morgan fingerprint density at radius 1 is 1.35 bits per heavy atom. The lowest BCUT2D eigenvalue weighted by molar-refractivity contribution is -0.143. The van der Waals surface area contributed by atoms with Crippen molar-refractivity contribution in [3.05, 3.63) is 47.3 Å². The van der Waals surface area contributed by atoms with Crippen LogP contribution in [0.2, 0.25) is 0 Å². The van der Waals surface area contributed by atoms with Gasteiger partial charge in [0.05, 0.1) is 17.4 Å². The maximum absolute atomic E-state index is 13.5. The lowest BCUT2D eigenvalue weighted by Crippen LogP contribution is -2.39. The molecule has 1 amide bonds. The summed E-state index contributed by atoms with van der Waals surface area (Å²) in [5.41, 5.74) is 5.44. The minimum absolute atomic E-state index is 0. The van der Waals surface area contributed by atoms with Gasteiger partial charge in [0.15, 0.2) is 5.69 Å². The van der Waals surface area contributed by atoms with Crippen LogP contribution in [0.5, 0.6) is 0 Å². The Morgan fingerprint density at radius 3 is 2.50 bits per heavy atom. The van der Waals surface area contributed by atoms with Gasteiger partial charge >= 0.3 is 6.18 Å². The highest BCUT2D eigenvalue weighted by Gasteiger charge is 2.40. The number of nitrogens with two attached hydrogens (primary N) is 1. The number of aryl methyl sites for hydroxylation is 1. The molecule has 1 aliphatic rings. The number of amides is 1. The topological polar surface area (TPSA) is 72.9 Å². The van der Waals surface area contributed by atoms with Gasteiger partial charge in [-0.05, 0) is 37.8 Å². The number of nitrogens with one attached hydrogen (secondary N) is 1. The molecule has 0 spiro atoms. The molecule has 26 heavy (non-hydrogen) atoms. The second-order valence-corrected chi connectivity index (χ2v) is 6.36. The maximum Gasteiger partial charge on any atom is 0.434 e. The van der Waals surface area contributed by atoms with Crippen LogP contribution < -0.4 is 11.1 Å². The minimum Gasteiger partial charge on any atom is -0.350 e. The third-order valence-corrected chi connectivity index (χ3v) is 4.29. The molecule has 1 atom stereocenters. The number of carbonyl (C=O) groups excluding carboxylic acids is 1. The largest absolute Gasteiger partial charge is 0.434 e. The second kappa shape index (κ2) is 7.67. The molecule has 1 fully saturated rings. The van der Waals surface area contributed by atoms with Crippen LogP contribution in [0.3, 0.4) is 0 Å². The fourth-order valence-corrected chi connectivity index (χ4v) is 2.67. The SMILES string of the molecule is Cc1ccc(-n2ncc(C(=O)NCC(N)C3CC3)c2C(F)(F)F)cc1.Cl. The standard InChI is InChI=1S/C17H19F3N4O.ClH/c1-10-2-6-12(7-3-10)24-15(17(18,19)20)13(8-23-24)16(25)22-9-14(21)11-4-5-11;/h2-3,6-8,11,14H,4-5,9,21H2,1H3,(H,22,25);1H. The van der Waals surface area contributed by atoms with Crippen LogP contribution in [0.25, 0.3) is 5.69 Å². The van der Waals surface area contributed by atoms with Crippen molar-refractivity contribution in [1.29, 1.82) is 0 Å². The summed E-state index contributed by atoms with van der Waals surface area (Å²) in [5.74, 6) is -0.473. The first-order valence-corrected chi connectivity index (χ1v) is 8.03. The van der Waals surface area contributed by atoms with E-state index in [1.165, 1.54) is 12.1 Å². The summed E-state index contributed by atoms with van der Waals surface area (Å²) >= 11 is 0. The van der Waals surface area contributed by atoms with Gasteiger partial charge in [-0.3, -0.25) is 4.79 Å². The van der Waals surface area contributed by atoms with E-state index in [2.05, 4.69) is 10.4 Å². The van der Waals surface area contributed by atoms with E-state index in [1.807, 2.05) is 6.92 Å². The number of nitrogens with zero attached hydrogens (tertiary/aromatic N) is 2. The molecule has 1 aliphatic carbocycles. The molecule has 0 aliphatic heterocycles. The Morgan fingerprint density at radius 2 is 1.96 bits per heavy atom. The third-order valence-electron chi connectivity index (χ3n) is 4.29. The van der Waals surface area contributed by atoms with Crippen LogP contribution in [-0.2, 0) is 6.18 Å². The second-order valence-electron chi connectivity index (χ2n) is 6.36. The summed E-state index contributed by atoms with van der Waals surface area (Å²) in [5, 5.41) is 6.27. The van der Waals surface area contributed by atoms with Gasteiger partial charge in [0.25, 0.3) is 5.91 Å². The highest BCUT2D eigenvalue weighted by atomic mass is 35.5. The molecule has 3 N–H and O–H groups in total. The van der Waals surface area contributed by atoms with Gasteiger partial charge in [0.2, 0.25) is 0 Å². The summed E-state index contributed by atoms with van der Waals surface area (Å²) < 4.78 is 41.4. The lowest BCUT2D eigenvalue weighted by Gasteiger charge is -2.14. The van der Waals surface area contributed by atoms with Crippen LogP contribution in [-0.4, -0.2) is 28.3 Å². The predicted molar refractivity (Wildman–Crippen MR) is 93.6 cm³/mol. The van der Waals surface area contributed by atoms with Crippen LogP contribution in [0.4, 0.5) is 13.2 Å². The Kier molecular flexibility index (Phi) is 5.98. The molecule has 0 saturated heterocycles. The van der Waals surface area contributed by atoms with Crippen LogP contribution in [0, 0.1) is 12.8 Å². The molecule has 9 heteroatoms. The molecular weight excluding hydrogens is 369 g/mol. The number of benzene rings is 1. The fraction of sp³-hybridized carbons (Fsp3) is 0.412. The first-order chi connectivity index (χ1) is 11.8. The smallest absolute Gasteiger partial charge is 0.350 e. The number of aromatic nitrogens is 2. The van der Waals surface area contributed by atoms with Gasteiger partial charge in [-0.25, -0.2) is 4.68 Å². The van der Waals surface area contributed by atoms with E-state index in [-0.39, 0.29) is 30.7 Å². The molecule has 142 valence electrons.